The maximum Gasteiger partial charge on any atom is 0.272 e. The van der Waals surface area contributed by atoms with Crippen molar-refractivity contribution in [3.63, 3.8) is 0 Å². The lowest BCUT2D eigenvalue weighted by Gasteiger charge is -2.09. The average Bonchev–Trinajstić information content (AvgIpc) is 3.17. The Morgan fingerprint density at radius 3 is 2.80 bits per heavy atom. The molecule has 104 valence electrons. The van der Waals surface area contributed by atoms with Gasteiger partial charge in [-0.1, -0.05) is 11.6 Å². The van der Waals surface area contributed by atoms with Crippen LogP contribution in [-0.2, 0) is 0 Å². The standard InChI is InChI=1S/C14H12BrClN2O2/c15-8-5-12(18(7-8)10-2-3-10)14(20)17-9-1-4-13(19)11(16)6-9/h1,4-7,10,19H,2-3H2,(H,17,20). The Morgan fingerprint density at radius 2 is 2.15 bits per heavy atom. The van der Waals surface area contributed by atoms with E-state index in [1.165, 1.54) is 12.1 Å². The number of nitrogens with one attached hydrogen (secondary N) is 1. The van der Waals surface area contributed by atoms with E-state index >= 15 is 0 Å². The topological polar surface area (TPSA) is 54.3 Å². The third kappa shape index (κ3) is 2.69. The highest BCUT2D eigenvalue weighted by Crippen LogP contribution is 2.37. The summed E-state index contributed by atoms with van der Waals surface area (Å²) in [4.78, 5) is 12.3. The Balaban J connectivity index is 1.84. The van der Waals surface area contributed by atoms with Gasteiger partial charge in [-0.25, -0.2) is 0 Å². The fourth-order valence-corrected chi connectivity index (χ4v) is 2.68. The van der Waals surface area contributed by atoms with E-state index in [4.69, 9.17) is 11.6 Å². The number of aromatic hydroxyl groups is 1. The minimum absolute atomic E-state index is 0.00577. The third-order valence-corrected chi connectivity index (χ3v) is 3.93. The van der Waals surface area contributed by atoms with Crippen molar-refractivity contribution in [3.8, 4) is 5.75 Å². The van der Waals surface area contributed by atoms with E-state index in [9.17, 15) is 9.90 Å². The number of rotatable bonds is 3. The highest BCUT2D eigenvalue weighted by molar-refractivity contribution is 9.10. The molecule has 0 atom stereocenters. The Kier molecular flexibility index (Phi) is 3.48. The summed E-state index contributed by atoms with van der Waals surface area (Å²) in [6.07, 6.45) is 4.13. The van der Waals surface area contributed by atoms with Gasteiger partial charge in [0.1, 0.15) is 11.4 Å². The summed E-state index contributed by atoms with van der Waals surface area (Å²) < 4.78 is 2.87. The molecule has 1 heterocycles. The van der Waals surface area contributed by atoms with Crippen molar-refractivity contribution < 1.29 is 9.90 Å². The van der Waals surface area contributed by atoms with Gasteiger partial charge in [-0.3, -0.25) is 4.79 Å². The molecule has 20 heavy (non-hydrogen) atoms. The molecule has 1 aliphatic rings. The number of benzene rings is 1. The first-order chi connectivity index (χ1) is 9.54. The molecule has 1 saturated carbocycles. The second-order valence-electron chi connectivity index (χ2n) is 4.80. The van der Waals surface area contributed by atoms with Crippen molar-refractivity contribution in [1.29, 1.82) is 0 Å². The predicted molar refractivity (Wildman–Crippen MR) is 81.5 cm³/mol. The number of aromatic nitrogens is 1. The maximum absolute atomic E-state index is 12.3. The van der Waals surface area contributed by atoms with E-state index < -0.39 is 0 Å². The molecule has 0 saturated heterocycles. The Labute approximate surface area is 129 Å². The lowest BCUT2D eigenvalue weighted by atomic mass is 10.3. The van der Waals surface area contributed by atoms with Crippen LogP contribution in [0.5, 0.6) is 5.75 Å². The van der Waals surface area contributed by atoms with E-state index in [1.807, 2.05) is 10.8 Å². The quantitative estimate of drug-likeness (QED) is 0.811. The smallest absolute Gasteiger partial charge is 0.272 e. The Morgan fingerprint density at radius 1 is 1.40 bits per heavy atom. The van der Waals surface area contributed by atoms with Crippen molar-refractivity contribution in [2.45, 2.75) is 18.9 Å². The van der Waals surface area contributed by atoms with Crippen LogP contribution in [0.15, 0.2) is 34.9 Å². The van der Waals surface area contributed by atoms with Crippen LogP contribution >= 0.6 is 27.5 Å². The van der Waals surface area contributed by atoms with Gasteiger partial charge in [0.25, 0.3) is 5.91 Å². The van der Waals surface area contributed by atoms with Crippen LogP contribution in [0, 0.1) is 0 Å². The van der Waals surface area contributed by atoms with Crippen LogP contribution in [0.1, 0.15) is 29.4 Å². The summed E-state index contributed by atoms with van der Waals surface area (Å²) in [7, 11) is 0. The molecular weight excluding hydrogens is 344 g/mol. The van der Waals surface area contributed by atoms with Crippen LogP contribution in [0.3, 0.4) is 0 Å². The number of amides is 1. The molecule has 1 aromatic carbocycles. The van der Waals surface area contributed by atoms with E-state index in [2.05, 4.69) is 21.2 Å². The van der Waals surface area contributed by atoms with Gasteiger partial charge in [-0.05, 0) is 53.0 Å². The van der Waals surface area contributed by atoms with Gasteiger partial charge in [0, 0.05) is 22.4 Å². The molecule has 6 heteroatoms. The van der Waals surface area contributed by atoms with E-state index in [1.54, 1.807) is 12.1 Å². The van der Waals surface area contributed by atoms with Crippen LogP contribution in [0.2, 0.25) is 5.02 Å². The van der Waals surface area contributed by atoms with Gasteiger partial charge >= 0.3 is 0 Å². The summed E-state index contributed by atoms with van der Waals surface area (Å²) in [5.41, 5.74) is 1.17. The molecule has 0 bridgehead atoms. The third-order valence-electron chi connectivity index (χ3n) is 3.19. The Hall–Kier alpha value is -1.46. The first-order valence-electron chi connectivity index (χ1n) is 6.22. The molecule has 0 unspecified atom stereocenters. The SMILES string of the molecule is O=C(Nc1ccc(O)c(Cl)c1)c1cc(Br)cn1C1CC1. The normalized spacial score (nSPS) is 14.3. The van der Waals surface area contributed by atoms with Gasteiger partial charge in [-0.15, -0.1) is 0 Å². The van der Waals surface area contributed by atoms with Crippen LogP contribution in [-0.4, -0.2) is 15.6 Å². The van der Waals surface area contributed by atoms with Crippen molar-refractivity contribution in [2.24, 2.45) is 0 Å². The molecule has 0 spiro atoms. The molecule has 0 aliphatic heterocycles. The molecule has 2 N–H and O–H groups in total. The number of phenols is 1. The molecule has 4 nitrogen and oxygen atoms in total. The Bertz CT molecular complexity index is 680. The zero-order valence-corrected chi connectivity index (χ0v) is 12.8. The molecule has 0 radical (unpaired) electrons. The summed E-state index contributed by atoms with van der Waals surface area (Å²) in [6, 6.07) is 6.81. The highest BCUT2D eigenvalue weighted by Gasteiger charge is 2.27. The van der Waals surface area contributed by atoms with Gasteiger partial charge in [-0.2, -0.15) is 0 Å². The van der Waals surface area contributed by atoms with Gasteiger partial charge < -0.3 is 15.0 Å². The lowest BCUT2D eigenvalue weighted by molar-refractivity contribution is 0.101. The van der Waals surface area contributed by atoms with Gasteiger partial charge in [0.05, 0.1) is 5.02 Å². The van der Waals surface area contributed by atoms with Crippen molar-refractivity contribution >= 4 is 39.1 Å². The second kappa shape index (κ2) is 5.14. The summed E-state index contributed by atoms with van der Waals surface area (Å²) in [5.74, 6) is -0.196. The average molecular weight is 356 g/mol. The molecule has 3 rings (SSSR count). The highest BCUT2D eigenvalue weighted by atomic mass is 79.9. The number of hydrogen-bond donors (Lipinski definition) is 2. The fourth-order valence-electron chi connectivity index (χ4n) is 2.06. The van der Waals surface area contributed by atoms with Crippen molar-refractivity contribution in [1.82, 2.24) is 4.57 Å². The summed E-state index contributed by atoms with van der Waals surface area (Å²) in [6.45, 7) is 0. The monoisotopic (exact) mass is 354 g/mol. The minimum atomic E-state index is -0.190. The van der Waals surface area contributed by atoms with Gasteiger partial charge in [0.2, 0.25) is 0 Å². The first kappa shape index (κ1) is 13.5. The zero-order chi connectivity index (χ0) is 14.3. The first-order valence-corrected chi connectivity index (χ1v) is 7.39. The zero-order valence-electron chi connectivity index (χ0n) is 10.4. The van der Waals surface area contributed by atoms with E-state index in [-0.39, 0.29) is 16.7 Å². The number of anilines is 1. The van der Waals surface area contributed by atoms with Crippen molar-refractivity contribution in [3.05, 3.63) is 45.7 Å². The van der Waals surface area contributed by atoms with Crippen LogP contribution < -0.4 is 5.32 Å². The molecule has 1 amide bonds. The molecule has 1 aliphatic carbocycles. The van der Waals surface area contributed by atoms with Gasteiger partial charge in [0.15, 0.2) is 0 Å². The largest absolute Gasteiger partial charge is 0.506 e. The maximum atomic E-state index is 12.3. The molecule has 1 aromatic heterocycles. The number of carbonyl (C=O) groups is 1. The predicted octanol–water partition coefficient (Wildman–Crippen LogP) is 4.20. The van der Waals surface area contributed by atoms with Crippen molar-refractivity contribution in [2.75, 3.05) is 5.32 Å². The van der Waals surface area contributed by atoms with E-state index in [0.29, 0.717) is 17.4 Å². The summed E-state index contributed by atoms with van der Waals surface area (Å²) in [5, 5.41) is 12.4. The van der Waals surface area contributed by atoms with E-state index in [0.717, 1.165) is 17.3 Å². The molecule has 1 fully saturated rings. The van der Waals surface area contributed by atoms with Crippen LogP contribution in [0.4, 0.5) is 5.69 Å². The number of halogens is 2. The summed E-state index contributed by atoms with van der Waals surface area (Å²) >= 11 is 9.22. The second-order valence-corrected chi connectivity index (χ2v) is 6.13. The number of nitrogens with zero attached hydrogens (tertiary/aromatic N) is 1. The molecular formula is C14H12BrClN2O2. The minimum Gasteiger partial charge on any atom is -0.506 e. The number of carbonyl (C=O) groups excluding carboxylic acids is 1. The number of phenolic OH excluding ortho intramolecular Hbond substituents is 1. The number of hydrogen-bond acceptors (Lipinski definition) is 2. The lowest BCUT2D eigenvalue weighted by Crippen LogP contribution is -2.16. The molecule has 2 aromatic rings. The van der Waals surface area contributed by atoms with Crippen LogP contribution in [0.25, 0.3) is 0 Å². The fraction of sp³-hybridized carbons (Fsp3) is 0.214.